The van der Waals surface area contributed by atoms with Crippen LogP contribution < -0.4 is 8.57 Å². The first-order valence-electron chi connectivity index (χ1n) is 5.04. The molecule has 1 aliphatic heterocycles. The third kappa shape index (κ3) is 2.70. The lowest BCUT2D eigenvalue weighted by Gasteiger charge is -2.14. The highest BCUT2D eigenvalue weighted by molar-refractivity contribution is 9.10. The van der Waals surface area contributed by atoms with Crippen LogP contribution in [0.2, 0.25) is 0 Å². The van der Waals surface area contributed by atoms with E-state index >= 15 is 0 Å². The zero-order valence-corrected chi connectivity index (χ0v) is 12.0. The molecule has 0 bridgehead atoms. The van der Waals surface area contributed by atoms with Crippen molar-refractivity contribution in [2.75, 3.05) is 13.2 Å². The van der Waals surface area contributed by atoms with Crippen LogP contribution in [0.5, 0.6) is 11.5 Å². The molecule has 88 valence electrons. The Morgan fingerprint density at radius 1 is 1.44 bits per heavy atom. The van der Waals surface area contributed by atoms with Crippen molar-refractivity contribution in [1.82, 2.24) is 0 Å². The van der Waals surface area contributed by atoms with Crippen molar-refractivity contribution < 1.29 is 13.3 Å². The number of halogens is 2. The summed E-state index contributed by atoms with van der Waals surface area (Å²) in [6.07, 6.45) is 1.10. The van der Waals surface area contributed by atoms with E-state index in [1.54, 1.807) is 0 Å². The second-order valence-electron chi connectivity index (χ2n) is 3.73. The predicted molar refractivity (Wildman–Crippen MR) is 68.3 cm³/mol. The van der Waals surface area contributed by atoms with E-state index in [9.17, 15) is 0 Å². The summed E-state index contributed by atoms with van der Waals surface area (Å²) >= 11 is 6.43. The van der Waals surface area contributed by atoms with E-state index in [1.165, 1.54) is 0 Å². The van der Waals surface area contributed by atoms with E-state index in [0.717, 1.165) is 28.8 Å². The fourth-order valence-corrected chi connectivity index (χ4v) is 2.41. The first-order valence-corrected chi connectivity index (χ1v) is 6.48. The van der Waals surface area contributed by atoms with Gasteiger partial charge in [0.2, 0.25) is 0 Å². The molecule has 16 heavy (non-hydrogen) atoms. The van der Waals surface area contributed by atoms with Gasteiger partial charge in [0.15, 0.2) is 22.0 Å². The summed E-state index contributed by atoms with van der Waals surface area (Å²) in [6.45, 7) is 3.44. The third-order valence-corrected chi connectivity index (χ3v) is 3.83. The Bertz CT molecular complexity index is 376. The van der Waals surface area contributed by atoms with E-state index in [1.807, 2.05) is 19.1 Å². The van der Waals surface area contributed by atoms with Crippen molar-refractivity contribution in [2.24, 2.45) is 0 Å². The molecule has 0 aromatic heterocycles. The van der Waals surface area contributed by atoms with Gasteiger partial charge < -0.3 is 13.3 Å². The molecule has 5 heteroatoms. The first-order chi connectivity index (χ1) is 7.70. The third-order valence-electron chi connectivity index (χ3n) is 2.47. The van der Waals surface area contributed by atoms with E-state index in [0.29, 0.717) is 12.4 Å². The fourth-order valence-electron chi connectivity index (χ4n) is 1.63. The Balaban J connectivity index is 2.17. The highest BCUT2D eigenvalue weighted by Crippen LogP contribution is 2.34. The molecule has 0 unspecified atom stereocenters. The Morgan fingerprint density at radius 3 is 2.88 bits per heavy atom. The van der Waals surface area contributed by atoms with Crippen molar-refractivity contribution in [2.45, 2.75) is 19.4 Å². The summed E-state index contributed by atoms with van der Waals surface area (Å²) in [6, 6.07) is 3.84. The van der Waals surface area contributed by atoms with Gasteiger partial charge in [-0.25, -0.2) is 0 Å². The highest BCUT2D eigenvalue weighted by atomic mass is 79.9. The molecule has 0 aliphatic carbocycles. The van der Waals surface area contributed by atoms with Crippen LogP contribution in [0.15, 0.2) is 16.6 Å². The van der Waals surface area contributed by atoms with Crippen LogP contribution in [0, 0.1) is 6.92 Å². The molecular formula is C11H12Br2O3. The summed E-state index contributed by atoms with van der Waals surface area (Å²) in [5, 5.41) is 0. The maximum atomic E-state index is 5.81. The molecule has 0 saturated carbocycles. The Labute approximate surface area is 112 Å². The lowest BCUT2D eigenvalue weighted by molar-refractivity contribution is 0.141. The molecule has 1 aliphatic rings. The molecule has 0 amide bonds. The summed E-state index contributed by atoms with van der Waals surface area (Å²) in [5.41, 5.74) is 1.07. The molecule has 1 atom stereocenters. The molecule has 0 spiro atoms. The number of ether oxygens (including phenoxy) is 2. The quantitative estimate of drug-likeness (QED) is 0.832. The number of hydrogen-bond donors (Lipinski definition) is 0. The van der Waals surface area contributed by atoms with Crippen molar-refractivity contribution in [3.05, 3.63) is 22.2 Å². The van der Waals surface area contributed by atoms with Gasteiger partial charge >= 0.3 is 0 Å². The molecule has 0 N–H and O–H groups in total. The zero-order valence-electron chi connectivity index (χ0n) is 8.83. The molecule has 1 aromatic carbocycles. The Morgan fingerprint density at radius 2 is 2.25 bits per heavy atom. The van der Waals surface area contributed by atoms with Gasteiger partial charge in [0.1, 0.15) is 11.9 Å². The van der Waals surface area contributed by atoms with E-state index < -0.39 is 0 Å². The van der Waals surface area contributed by atoms with Gasteiger partial charge in [-0.15, -0.1) is 0 Å². The lowest BCUT2D eigenvalue weighted by atomic mass is 10.2. The number of hydrogen-bond acceptors (Lipinski definition) is 3. The smallest absolute Gasteiger partial charge is 0.179 e. The van der Waals surface area contributed by atoms with Crippen LogP contribution in [0.25, 0.3) is 0 Å². The second-order valence-corrected chi connectivity index (χ2v) is 4.85. The van der Waals surface area contributed by atoms with E-state index in [4.69, 9.17) is 13.3 Å². The Kier molecular flexibility index (Phi) is 4.10. The van der Waals surface area contributed by atoms with Crippen LogP contribution in [0.4, 0.5) is 0 Å². The number of benzene rings is 1. The fraction of sp³-hybridized carbons (Fsp3) is 0.455. The second kappa shape index (κ2) is 5.38. The molecule has 3 nitrogen and oxygen atoms in total. The van der Waals surface area contributed by atoms with Crippen LogP contribution >= 0.6 is 32.2 Å². The number of aryl methyl sites for hydroxylation is 1. The van der Waals surface area contributed by atoms with Gasteiger partial charge in [-0.05, 0) is 34.5 Å². The maximum Gasteiger partial charge on any atom is 0.179 e. The van der Waals surface area contributed by atoms with Crippen molar-refractivity contribution in [3.8, 4) is 11.5 Å². The maximum absolute atomic E-state index is 5.81. The van der Waals surface area contributed by atoms with Gasteiger partial charge in [-0.2, -0.15) is 0 Å². The summed E-state index contributed by atoms with van der Waals surface area (Å²) in [7, 11) is 0. The molecule has 2 rings (SSSR count). The average molecular weight is 352 g/mol. The van der Waals surface area contributed by atoms with Crippen molar-refractivity contribution in [3.63, 3.8) is 0 Å². The minimum atomic E-state index is 0.156. The largest absolute Gasteiger partial charge is 0.488 e. The zero-order chi connectivity index (χ0) is 11.5. The molecule has 1 aromatic rings. The van der Waals surface area contributed by atoms with Gasteiger partial charge in [0.05, 0.1) is 17.7 Å². The van der Waals surface area contributed by atoms with Crippen LogP contribution in [0.3, 0.4) is 0 Å². The van der Waals surface area contributed by atoms with Gasteiger partial charge in [0.25, 0.3) is 0 Å². The van der Waals surface area contributed by atoms with E-state index in [-0.39, 0.29) is 6.10 Å². The van der Waals surface area contributed by atoms with Crippen LogP contribution in [-0.4, -0.2) is 19.3 Å². The lowest BCUT2D eigenvalue weighted by Crippen LogP contribution is -2.15. The van der Waals surface area contributed by atoms with Gasteiger partial charge in [-0.1, -0.05) is 0 Å². The normalized spacial score (nSPS) is 19.8. The van der Waals surface area contributed by atoms with Gasteiger partial charge in [-0.3, -0.25) is 0 Å². The minimum Gasteiger partial charge on any atom is -0.488 e. The summed E-state index contributed by atoms with van der Waals surface area (Å²) < 4.78 is 17.1. The Hall–Kier alpha value is -0.260. The first kappa shape index (κ1) is 12.2. The topological polar surface area (TPSA) is 27.7 Å². The monoisotopic (exact) mass is 350 g/mol. The number of rotatable bonds is 3. The predicted octanol–water partition coefficient (Wildman–Crippen LogP) is 3.61. The molecular weight excluding hydrogens is 340 g/mol. The molecule has 0 radical (unpaired) electrons. The highest BCUT2D eigenvalue weighted by Gasteiger charge is 2.18. The average Bonchev–Trinajstić information content (AvgIpc) is 2.76. The molecule has 1 saturated heterocycles. The molecule has 1 fully saturated rings. The van der Waals surface area contributed by atoms with Gasteiger partial charge in [0, 0.05) is 12.5 Å². The molecule has 1 heterocycles. The minimum absolute atomic E-state index is 0.156. The summed E-state index contributed by atoms with van der Waals surface area (Å²) in [5.74, 6) is 1.53. The standard InChI is InChI=1S/C11H12Br2O3/c1-7-4-9(5-10(16-13)11(7)12)15-8-2-3-14-6-8/h4-5,8H,2-3,6H2,1H3/t8-/m1/s1. The SMILES string of the molecule is Cc1cc(O[C@@H]2CCOC2)cc(OBr)c1Br. The van der Waals surface area contributed by atoms with Crippen LogP contribution in [-0.2, 0) is 4.74 Å². The summed E-state index contributed by atoms with van der Waals surface area (Å²) in [4.78, 5) is 0. The van der Waals surface area contributed by atoms with E-state index in [2.05, 4.69) is 32.2 Å². The van der Waals surface area contributed by atoms with Crippen molar-refractivity contribution in [1.29, 1.82) is 0 Å². The van der Waals surface area contributed by atoms with Crippen molar-refractivity contribution >= 4 is 32.2 Å². The van der Waals surface area contributed by atoms with Crippen LogP contribution in [0.1, 0.15) is 12.0 Å².